The number of benzene rings is 1. The van der Waals surface area contributed by atoms with Crippen LogP contribution in [0, 0.1) is 0 Å². The normalized spacial score (nSPS) is 10.4. The number of nitrogens with zero attached hydrogens (tertiary/aromatic N) is 3. The number of hydrogen-bond acceptors (Lipinski definition) is 7. The van der Waals surface area contributed by atoms with Gasteiger partial charge in [0.15, 0.2) is 0 Å². The van der Waals surface area contributed by atoms with Crippen LogP contribution in [0.4, 0.5) is 5.69 Å². The van der Waals surface area contributed by atoms with Crippen LogP contribution in [0.15, 0.2) is 58.4 Å². The first-order chi connectivity index (χ1) is 12.1. The number of pyridine rings is 1. The molecule has 0 saturated carbocycles. The van der Waals surface area contributed by atoms with E-state index < -0.39 is 5.91 Å². The van der Waals surface area contributed by atoms with Crippen molar-refractivity contribution in [2.45, 2.75) is 5.22 Å². The average molecular weight is 355 g/mol. The van der Waals surface area contributed by atoms with Gasteiger partial charge in [-0.25, -0.2) is 0 Å². The van der Waals surface area contributed by atoms with Crippen molar-refractivity contribution < 1.29 is 14.0 Å². The largest absolute Gasteiger partial charge is 0.411 e. The van der Waals surface area contributed by atoms with Gasteiger partial charge >= 0.3 is 0 Å². The van der Waals surface area contributed by atoms with Crippen LogP contribution < -0.4 is 11.1 Å². The maximum atomic E-state index is 12.0. The zero-order chi connectivity index (χ0) is 17.6. The lowest BCUT2D eigenvalue weighted by Gasteiger charge is -2.04. The van der Waals surface area contributed by atoms with Gasteiger partial charge in [0, 0.05) is 23.6 Å². The Balaban J connectivity index is 1.54. The highest BCUT2D eigenvalue weighted by molar-refractivity contribution is 7.99. The molecule has 0 radical (unpaired) electrons. The second-order valence-corrected chi connectivity index (χ2v) is 5.82. The van der Waals surface area contributed by atoms with Crippen molar-refractivity contribution >= 4 is 29.3 Å². The number of carbonyl (C=O) groups is 2. The molecule has 0 spiro atoms. The maximum absolute atomic E-state index is 12.0. The van der Waals surface area contributed by atoms with Gasteiger partial charge in [-0.3, -0.25) is 14.6 Å². The SMILES string of the molecule is NC(=O)c1ccc(NC(=O)CSc2nnc(-c3cccnc3)o2)cc1. The summed E-state index contributed by atoms with van der Waals surface area (Å²) in [5.41, 5.74) is 6.82. The Hall–Kier alpha value is -3.20. The number of carbonyl (C=O) groups excluding carboxylic acids is 2. The molecule has 3 rings (SSSR count). The molecule has 0 atom stereocenters. The van der Waals surface area contributed by atoms with E-state index in [9.17, 15) is 9.59 Å². The predicted octanol–water partition coefficient (Wildman–Crippen LogP) is 1.96. The van der Waals surface area contributed by atoms with Gasteiger partial charge in [-0.2, -0.15) is 0 Å². The molecule has 1 aromatic carbocycles. The van der Waals surface area contributed by atoms with Crippen molar-refractivity contribution in [3.63, 3.8) is 0 Å². The molecular formula is C16H13N5O3S. The smallest absolute Gasteiger partial charge is 0.277 e. The van der Waals surface area contributed by atoms with Gasteiger partial charge in [0.25, 0.3) is 5.22 Å². The average Bonchev–Trinajstić information content (AvgIpc) is 3.10. The molecule has 126 valence electrons. The van der Waals surface area contributed by atoms with Crippen LogP contribution in [0.5, 0.6) is 0 Å². The van der Waals surface area contributed by atoms with Gasteiger partial charge in [-0.15, -0.1) is 10.2 Å². The fourth-order valence-electron chi connectivity index (χ4n) is 1.92. The molecule has 0 aliphatic carbocycles. The Kier molecular flexibility index (Phi) is 5.05. The number of anilines is 1. The van der Waals surface area contributed by atoms with Gasteiger partial charge in [0.2, 0.25) is 17.7 Å². The number of primary amides is 1. The van der Waals surface area contributed by atoms with Crippen LogP contribution in [0.25, 0.3) is 11.5 Å². The summed E-state index contributed by atoms with van der Waals surface area (Å²) >= 11 is 1.12. The highest BCUT2D eigenvalue weighted by atomic mass is 32.2. The Labute approximate surface area is 146 Å². The molecule has 2 amide bonds. The molecular weight excluding hydrogens is 342 g/mol. The fourth-order valence-corrected chi connectivity index (χ4v) is 2.48. The van der Waals surface area contributed by atoms with Crippen molar-refractivity contribution in [1.82, 2.24) is 15.2 Å². The first kappa shape index (κ1) is 16.7. The lowest BCUT2D eigenvalue weighted by atomic mass is 10.2. The fraction of sp³-hybridized carbons (Fsp3) is 0.0625. The molecule has 3 N–H and O–H groups in total. The minimum absolute atomic E-state index is 0.103. The number of aromatic nitrogens is 3. The topological polar surface area (TPSA) is 124 Å². The van der Waals surface area contributed by atoms with E-state index in [0.717, 1.165) is 11.8 Å². The summed E-state index contributed by atoms with van der Waals surface area (Å²) in [6.45, 7) is 0. The van der Waals surface area contributed by atoms with Gasteiger partial charge in [0.05, 0.1) is 11.3 Å². The number of thioether (sulfide) groups is 1. The van der Waals surface area contributed by atoms with Crippen molar-refractivity contribution in [1.29, 1.82) is 0 Å². The van der Waals surface area contributed by atoms with E-state index in [-0.39, 0.29) is 16.9 Å². The van der Waals surface area contributed by atoms with E-state index in [1.165, 1.54) is 0 Å². The van der Waals surface area contributed by atoms with Crippen LogP contribution in [0.3, 0.4) is 0 Å². The Morgan fingerprint density at radius 3 is 2.64 bits per heavy atom. The zero-order valence-corrected chi connectivity index (χ0v) is 13.7. The van der Waals surface area contributed by atoms with E-state index >= 15 is 0 Å². The standard InChI is InChI=1S/C16H13N5O3S/c17-14(23)10-3-5-12(6-4-10)19-13(22)9-25-16-21-20-15(24-16)11-2-1-7-18-8-11/h1-8H,9H2,(H2,17,23)(H,19,22). The zero-order valence-electron chi connectivity index (χ0n) is 12.9. The van der Waals surface area contributed by atoms with Crippen LogP contribution in [-0.4, -0.2) is 32.7 Å². The summed E-state index contributed by atoms with van der Waals surface area (Å²) in [6, 6.07) is 9.87. The van der Waals surface area contributed by atoms with E-state index in [4.69, 9.17) is 10.2 Å². The van der Waals surface area contributed by atoms with Gasteiger partial charge in [-0.1, -0.05) is 11.8 Å². The molecule has 25 heavy (non-hydrogen) atoms. The summed E-state index contributed by atoms with van der Waals surface area (Å²) in [5, 5.41) is 10.8. The number of rotatable bonds is 6. The molecule has 0 unspecified atom stereocenters. The summed E-state index contributed by atoms with van der Waals surface area (Å²) in [5.74, 6) is -0.308. The van der Waals surface area contributed by atoms with Gasteiger partial charge in [-0.05, 0) is 36.4 Å². The van der Waals surface area contributed by atoms with Crippen LogP contribution in [0.1, 0.15) is 10.4 Å². The van der Waals surface area contributed by atoms with Crippen molar-refractivity contribution in [3.8, 4) is 11.5 Å². The Morgan fingerprint density at radius 2 is 1.96 bits per heavy atom. The predicted molar refractivity (Wildman–Crippen MR) is 91.8 cm³/mol. The lowest BCUT2D eigenvalue weighted by Crippen LogP contribution is -2.15. The molecule has 0 aliphatic heterocycles. The van der Waals surface area contributed by atoms with E-state index in [1.54, 1.807) is 48.8 Å². The Morgan fingerprint density at radius 1 is 1.16 bits per heavy atom. The molecule has 3 aromatic rings. The number of amides is 2. The molecule has 2 aromatic heterocycles. The molecule has 0 aliphatic rings. The van der Waals surface area contributed by atoms with Gasteiger partial charge in [0.1, 0.15) is 0 Å². The highest BCUT2D eigenvalue weighted by Gasteiger charge is 2.11. The van der Waals surface area contributed by atoms with E-state index in [2.05, 4.69) is 20.5 Å². The lowest BCUT2D eigenvalue weighted by molar-refractivity contribution is -0.113. The van der Waals surface area contributed by atoms with Crippen LogP contribution in [-0.2, 0) is 4.79 Å². The molecule has 0 bridgehead atoms. The second-order valence-electron chi connectivity index (χ2n) is 4.89. The first-order valence-corrected chi connectivity index (χ1v) is 8.17. The third-order valence-corrected chi connectivity index (χ3v) is 3.91. The summed E-state index contributed by atoms with van der Waals surface area (Å²) in [4.78, 5) is 26.9. The highest BCUT2D eigenvalue weighted by Crippen LogP contribution is 2.22. The molecule has 0 saturated heterocycles. The van der Waals surface area contributed by atoms with Crippen molar-refractivity contribution in [2.24, 2.45) is 5.73 Å². The Bertz CT molecular complexity index is 880. The van der Waals surface area contributed by atoms with E-state index in [0.29, 0.717) is 22.7 Å². The minimum Gasteiger partial charge on any atom is -0.411 e. The van der Waals surface area contributed by atoms with Crippen molar-refractivity contribution in [3.05, 3.63) is 54.4 Å². The third-order valence-electron chi connectivity index (χ3n) is 3.09. The molecule has 0 fully saturated rings. The monoisotopic (exact) mass is 355 g/mol. The summed E-state index contributed by atoms with van der Waals surface area (Å²) < 4.78 is 5.48. The quantitative estimate of drug-likeness (QED) is 0.648. The van der Waals surface area contributed by atoms with Crippen LogP contribution in [0.2, 0.25) is 0 Å². The number of nitrogens with one attached hydrogen (secondary N) is 1. The maximum Gasteiger partial charge on any atom is 0.277 e. The van der Waals surface area contributed by atoms with Gasteiger partial charge < -0.3 is 15.5 Å². The van der Waals surface area contributed by atoms with Crippen molar-refractivity contribution in [2.75, 3.05) is 11.1 Å². The molecule has 8 nitrogen and oxygen atoms in total. The number of nitrogens with two attached hydrogens (primary N) is 1. The number of hydrogen-bond donors (Lipinski definition) is 2. The summed E-state index contributed by atoms with van der Waals surface area (Å²) in [7, 11) is 0. The summed E-state index contributed by atoms with van der Waals surface area (Å²) in [6.07, 6.45) is 3.26. The third kappa shape index (κ3) is 4.42. The molecule has 2 heterocycles. The second kappa shape index (κ2) is 7.58. The first-order valence-electron chi connectivity index (χ1n) is 7.18. The minimum atomic E-state index is -0.519. The van der Waals surface area contributed by atoms with Crippen LogP contribution >= 0.6 is 11.8 Å². The molecule has 9 heteroatoms. The van der Waals surface area contributed by atoms with E-state index in [1.807, 2.05) is 0 Å².